The quantitative estimate of drug-likeness (QED) is 0.644. The van der Waals surface area contributed by atoms with Gasteiger partial charge in [0.1, 0.15) is 11.5 Å². The Bertz CT molecular complexity index is 575. The topological polar surface area (TPSA) is 92.5 Å². The summed E-state index contributed by atoms with van der Waals surface area (Å²) in [7, 11) is 0. The Labute approximate surface area is 118 Å². The molecule has 0 atom stereocenters. The van der Waals surface area contributed by atoms with Crippen molar-refractivity contribution in [3.8, 4) is 0 Å². The maximum atomic E-state index is 13.4. The number of nitrogens with zero attached hydrogens (tertiary/aromatic N) is 1. The van der Waals surface area contributed by atoms with Crippen LogP contribution in [0, 0.1) is 21.3 Å². The fourth-order valence-corrected chi connectivity index (χ4v) is 2.32. The van der Waals surface area contributed by atoms with Crippen molar-refractivity contribution in [3.63, 3.8) is 0 Å². The first kappa shape index (κ1) is 14.5. The standard InChI is InChI=1S/C12H12ClFN2O4/c13-7-4-10(16(19)20)9(5-8(7)14)15-6-12(11(17)18)2-1-3-12/h4-5,15H,1-3,6H2,(H,17,18). The SMILES string of the molecule is O=C(O)C1(CNc2cc(F)c(Cl)cc2[N+](=O)[O-])CCC1. The number of carbonyl (C=O) groups is 1. The van der Waals surface area contributed by atoms with E-state index in [1.54, 1.807) is 0 Å². The molecule has 108 valence electrons. The largest absolute Gasteiger partial charge is 0.481 e. The Balaban J connectivity index is 2.23. The van der Waals surface area contributed by atoms with Gasteiger partial charge in [0.2, 0.25) is 0 Å². The molecule has 1 fully saturated rings. The zero-order valence-corrected chi connectivity index (χ0v) is 11.1. The van der Waals surface area contributed by atoms with Gasteiger partial charge in [0, 0.05) is 18.7 Å². The summed E-state index contributed by atoms with van der Waals surface area (Å²) in [4.78, 5) is 21.4. The number of anilines is 1. The minimum absolute atomic E-state index is 0.0181. The van der Waals surface area contributed by atoms with E-state index in [-0.39, 0.29) is 22.9 Å². The number of nitrogens with one attached hydrogen (secondary N) is 1. The number of halogens is 2. The highest BCUT2D eigenvalue weighted by atomic mass is 35.5. The molecule has 1 aromatic carbocycles. The fraction of sp³-hybridized carbons (Fsp3) is 0.417. The molecule has 1 aromatic rings. The molecule has 1 aliphatic carbocycles. The molecule has 0 amide bonds. The lowest BCUT2D eigenvalue weighted by atomic mass is 9.69. The number of carboxylic acid groups (broad SMARTS) is 1. The summed E-state index contributed by atoms with van der Waals surface area (Å²) >= 11 is 5.51. The van der Waals surface area contributed by atoms with Crippen LogP contribution >= 0.6 is 11.6 Å². The Morgan fingerprint density at radius 3 is 2.65 bits per heavy atom. The molecule has 0 saturated heterocycles. The van der Waals surface area contributed by atoms with Crippen LogP contribution in [-0.2, 0) is 4.79 Å². The predicted octanol–water partition coefficient (Wildman–Crippen LogP) is 3.05. The van der Waals surface area contributed by atoms with E-state index >= 15 is 0 Å². The summed E-state index contributed by atoms with van der Waals surface area (Å²) in [6.07, 6.45) is 1.80. The van der Waals surface area contributed by atoms with E-state index in [9.17, 15) is 19.3 Å². The highest BCUT2D eigenvalue weighted by Crippen LogP contribution is 2.42. The van der Waals surface area contributed by atoms with E-state index in [4.69, 9.17) is 16.7 Å². The monoisotopic (exact) mass is 302 g/mol. The van der Waals surface area contributed by atoms with Crippen molar-refractivity contribution >= 4 is 28.9 Å². The molecule has 8 heteroatoms. The molecule has 0 heterocycles. The van der Waals surface area contributed by atoms with Crippen molar-refractivity contribution in [2.24, 2.45) is 5.41 Å². The van der Waals surface area contributed by atoms with E-state index < -0.39 is 22.1 Å². The van der Waals surface area contributed by atoms with Gasteiger partial charge in [-0.25, -0.2) is 4.39 Å². The number of hydrogen-bond donors (Lipinski definition) is 2. The second-order valence-corrected chi connectivity index (χ2v) is 5.24. The summed E-state index contributed by atoms with van der Waals surface area (Å²) in [6, 6.07) is 1.82. The van der Waals surface area contributed by atoms with Crippen LogP contribution in [0.2, 0.25) is 5.02 Å². The predicted molar refractivity (Wildman–Crippen MR) is 70.5 cm³/mol. The minimum atomic E-state index is -0.951. The molecule has 0 aliphatic heterocycles. The maximum absolute atomic E-state index is 13.4. The number of benzene rings is 1. The van der Waals surface area contributed by atoms with Crippen molar-refractivity contribution in [1.82, 2.24) is 0 Å². The maximum Gasteiger partial charge on any atom is 0.311 e. The molecule has 0 spiro atoms. The first-order chi connectivity index (χ1) is 9.35. The lowest BCUT2D eigenvalue weighted by Crippen LogP contribution is -2.43. The molecule has 0 aromatic heterocycles. The molecule has 0 unspecified atom stereocenters. The van der Waals surface area contributed by atoms with Gasteiger partial charge in [0.25, 0.3) is 5.69 Å². The lowest BCUT2D eigenvalue weighted by molar-refractivity contribution is -0.384. The molecular weight excluding hydrogens is 291 g/mol. The zero-order chi connectivity index (χ0) is 14.9. The molecule has 1 saturated carbocycles. The van der Waals surface area contributed by atoms with Crippen LogP contribution in [0.25, 0.3) is 0 Å². The van der Waals surface area contributed by atoms with Crippen LogP contribution in [-0.4, -0.2) is 22.5 Å². The van der Waals surface area contributed by atoms with Crippen molar-refractivity contribution in [2.45, 2.75) is 19.3 Å². The summed E-state index contributed by atoms with van der Waals surface area (Å²) in [6.45, 7) is 0.0181. The first-order valence-electron chi connectivity index (χ1n) is 5.96. The summed E-state index contributed by atoms with van der Waals surface area (Å²) in [5, 5.41) is 22.4. The van der Waals surface area contributed by atoms with Gasteiger partial charge < -0.3 is 10.4 Å². The molecule has 20 heavy (non-hydrogen) atoms. The molecular formula is C12H12ClFN2O4. The molecule has 2 rings (SSSR count). The van der Waals surface area contributed by atoms with Gasteiger partial charge in [0.05, 0.1) is 15.4 Å². The van der Waals surface area contributed by atoms with Crippen LogP contribution in [0.4, 0.5) is 15.8 Å². The van der Waals surface area contributed by atoms with Gasteiger partial charge in [0.15, 0.2) is 0 Å². The summed E-state index contributed by atoms with van der Waals surface area (Å²) in [5.41, 5.74) is -1.37. The van der Waals surface area contributed by atoms with E-state index in [2.05, 4.69) is 5.32 Å². The van der Waals surface area contributed by atoms with Crippen LogP contribution < -0.4 is 5.32 Å². The molecule has 2 N–H and O–H groups in total. The van der Waals surface area contributed by atoms with Crippen LogP contribution in [0.3, 0.4) is 0 Å². The normalized spacial score (nSPS) is 16.3. The van der Waals surface area contributed by atoms with Crippen LogP contribution in [0.5, 0.6) is 0 Å². The van der Waals surface area contributed by atoms with E-state index in [1.807, 2.05) is 0 Å². The van der Waals surface area contributed by atoms with Crippen LogP contribution in [0.1, 0.15) is 19.3 Å². The third kappa shape index (κ3) is 2.53. The Kier molecular flexibility index (Phi) is 3.80. The molecule has 0 radical (unpaired) electrons. The lowest BCUT2D eigenvalue weighted by Gasteiger charge is -2.37. The van der Waals surface area contributed by atoms with Crippen molar-refractivity contribution in [1.29, 1.82) is 0 Å². The fourth-order valence-electron chi connectivity index (χ4n) is 2.16. The van der Waals surface area contributed by atoms with Gasteiger partial charge in [-0.3, -0.25) is 14.9 Å². The first-order valence-corrected chi connectivity index (χ1v) is 6.34. The Morgan fingerprint density at radius 2 is 2.20 bits per heavy atom. The summed E-state index contributed by atoms with van der Waals surface area (Å²) in [5.74, 6) is -1.74. The number of hydrogen-bond acceptors (Lipinski definition) is 4. The molecule has 0 bridgehead atoms. The number of nitro groups is 1. The summed E-state index contributed by atoms with van der Waals surface area (Å²) < 4.78 is 13.4. The van der Waals surface area contributed by atoms with Gasteiger partial charge in [-0.15, -0.1) is 0 Å². The second-order valence-electron chi connectivity index (χ2n) is 4.83. The third-order valence-corrected chi connectivity index (χ3v) is 3.91. The highest BCUT2D eigenvalue weighted by Gasteiger charge is 2.44. The number of nitro benzene ring substituents is 1. The third-order valence-electron chi connectivity index (χ3n) is 3.62. The highest BCUT2D eigenvalue weighted by molar-refractivity contribution is 6.31. The number of carboxylic acids is 1. The average molecular weight is 303 g/mol. The minimum Gasteiger partial charge on any atom is -0.481 e. The van der Waals surface area contributed by atoms with Gasteiger partial charge in [-0.2, -0.15) is 0 Å². The van der Waals surface area contributed by atoms with E-state index in [0.29, 0.717) is 12.8 Å². The van der Waals surface area contributed by atoms with Gasteiger partial charge in [-0.1, -0.05) is 18.0 Å². The van der Waals surface area contributed by atoms with E-state index in [1.165, 1.54) is 0 Å². The van der Waals surface area contributed by atoms with Crippen molar-refractivity contribution in [2.75, 3.05) is 11.9 Å². The number of aliphatic carboxylic acids is 1. The van der Waals surface area contributed by atoms with Gasteiger partial charge >= 0.3 is 5.97 Å². The second kappa shape index (κ2) is 5.24. The van der Waals surface area contributed by atoms with Crippen molar-refractivity contribution in [3.05, 3.63) is 33.1 Å². The van der Waals surface area contributed by atoms with Crippen LogP contribution in [0.15, 0.2) is 12.1 Å². The smallest absolute Gasteiger partial charge is 0.311 e. The Hall–Kier alpha value is -1.89. The molecule has 6 nitrogen and oxygen atoms in total. The number of rotatable bonds is 5. The van der Waals surface area contributed by atoms with E-state index in [0.717, 1.165) is 18.6 Å². The zero-order valence-electron chi connectivity index (χ0n) is 10.4. The Morgan fingerprint density at radius 1 is 1.55 bits per heavy atom. The molecule has 1 aliphatic rings. The van der Waals surface area contributed by atoms with Gasteiger partial charge in [-0.05, 0) is 12.8 Å². The van der Waals surface area contributed by atoms with Crippen molar-refractivity contribution < 1.29 is 19.2 Å². The average Bonchev–Trinajstić information content (AvgIpc) is 2.30.